The van der Waals surface area contributed by atoms with Gasteiger partial charge in [-0.25, -0.2) is 9.97 Å². The minimum atomic E-state index is -0.299. The van der Waals surface area contributed by atoms with E-state index in [1.807, 2.05) is 18.2 Å². The van der Waals surface area contributed by atoms with Crippen LogP contribution in [-0.2, 0) is 18.3 Å². The zero-order chi connectivity index (χ0) is 23.8. The van der Waals surface area contributed by atoms with Crippen molar-refractivity contribution in [2.24, 2.45) is 18.9 Å². The predicted octanol–water partition coefficient (Wildman–Crippen LogP) is 2.93. The largest absolute Gasteiger partial charge is 0.478 e. The number of nitrogens with one attached hydrogen (secondary N) is 1. The molecule has 3 aromatic rings. The van der Waals surface area contributed by atoms with E-state index in [4.69, 9.17) is 21.3 Å². The lowest BCUT2D eigenvalue weighted by atomic mass is 10.0. The summed E-state index contributed by atoms with van der Waals surface area (Å²) < 4.78 is 6.99. The van der Waals surface area contributed by atoms with Crippen molar-refractivity contribution >= 4 is 34.4 Å². The summed E-state index contributed by atoms with van der Waals surface area (Å²) in [5.41, 5.74) is 2.28. The zero-order valence-corrected chi connectivity index (χ0v) is 20.1. The lowest BCUT2D eigenvalue weighted by molar-refractivity contribution is -0.122. The third kappa shape index (κ3) is 4.34. The molecule has 0 spiro atoms. The van der Waals surface area contributed by atoms with E-state index in [2.05, 4.69) is 15.2 Å². The van der Waals surface area contributed by atoms with Gasteiger partial charge in [0.2, 0.25) is 5.95 Å². The van der Waals surface area contributed by atoms with Crippen LogP contribution >= 0.6 is 11.6 Å². The van der Waals surface area contributed by atoms with Gasteiger partial charge in [0.15, 0.2) is 12.4 Å². The molecule has 2 aromatic heterocycles. The number of hydrogen-bond acceptors (Lipinski definition) is 6. The van der Waals surface area contributed by atoms with Gasteiger partial charge in [0.05, 0.1) is 22.4 Å². The van der Waals surface area contributed by atoms with Gasteiger partial charge in [-0.05, 0) is 48.4 Å². The Hall–Kier alpha value is -3.13. The van der Waals surface area contributed by atoms with Gasteiger partial charge in [0.25, 0.3) is 11.5 Å². The monoisotopic (exact) mass is 481 g/mol. The molecule has 1 amide bonds. The SMILES string of the molecule is CNC(=O)COc1cc2cc(Cc3nc(N4CC5CCCC5C4)ncc3Cl)ccc2n(C)c1=O. The van der Waals surface area contributed by atoms with Crippen molar-refractivity contribution in [2.75, 3.05) is 31.6 Å². The third-order valence-corrected chi connectivity index (χ3v) is 7.39. The van der Waals surface area contributed by atoms with Crippen molar-refractivity contribution in [3.63, 3.8) is 0 Å². The average molecular weight is 482 g/mol. The topological polar surface area (TPSA) is 89.3 Å². The number of aryl methyl sites for hydroxylation is 1. The Morgan fingerprint density at radius 2 is 2.00 bits per heavy atom. The molecule has 8 nitrogen and oxygen atoms in total. The summed E-state index contributed by atoms with van der Waals surface area (Å²) in [7, 11) is 3.21. The van der Waals surface area contributed by atoms with Crippen LogP contribution in [0.25, 0.3) is 10.9 Å². The van der Waals surface area contributed by atoms with Gasteiger partial charge in [-0.3, -0.25) is 9.59 Å². The van der Waals surface area contributed by atoms with Crippen LogP contribution in [0.15, 0.2) is 35.3 Å². The number of aromatic nitrogens is 3. The molecular formula is C25H28ClN5O3. The number of rotatable bonds is 6. The molecule has 3 heterocycles. The van der Waals surface area contributed by atoms with E-state index in [9.17, 15) is 9.59 Å². The maximum Gasteiger partial charge on any atom is 0.293 e. The van der Waals surface area contributed by atoms with Gasteiger partial charge < -0.3 is 19.5 Å². The number of benzene rings is 1. The number of halogens is 1. The number of likely N-dealkylation sites (N-methyl/N-ethyl adjacent to an activating group) is 1. The summed E-state index contributed by atoms with van der Waals surface area (Å²) in [6.45, 7) is 1.83. The van der Waals surface area contributed by atoms with Gasteiger partial charge in [-0.2, -0.15) is 0 Å². The molecule has 34 heavy (non-hydrogen) atoms. The first-order valence-electron chi connectivity index (χ1n) is 11.7. The summed E-state index contributed by atoms with van der Waals surface area (Å²) >= 11 is 6.48. The van der Waals surface area contributed by atoms with Crippen LogP contribution in [0.2, 0.25) is 5.02 Å². The minimum Gasteiger partial charge on any atom is -0.478 e. The number of amides is 1. The molecular weight excluding hydrogens is 454 g/mol. The molecule has 1 N–H and O–H groups in total. The Morgan fingerprint density at radius 3 is 2.74 bits per heavy atom. The van der Waals surface area contributed by atoms with Crippen molar-refractivity contribution in [3.05, 3.63) is 57.1 Å². The summed E-state index contributed by atoms with van der Waals surface area (Å²) in [5.74, 6) is 2.11. The fourth-order valence-electron chi connectivity index (χ4n) is 5.19. The summed E-state index contributed by atoms with van der Waals surface area (Å²) in [4.78, 5) is 35.8. The van der Waals surface area contributed by atoms with Gasteiger partial charge in [-0.15, -0.1) is 0 Å². The molecule has 2 atom stereocenters. The van der Waals surface area contributed by atoms with E-state index in [1.165, 1.54) is 30.9 Å². The van der Waals surface area contributed by atoms with E-state index in [0.29, 0.717) is 11.4 Å². The van der Waals surface area contributed by atoms with E-state index in [1.54, 1.807) is 19.3 Å². The number of pyridine rings is 1. The first-order chi connectivity index (χ1) is 16.4. The second-order valence-electron chi connectivity index (χ2n) is 9.23. The maximum absolute atomic E-state index is 12.6. The number of carbonyl (C=O) groups excluding carboxylic acids is 1. The van der Waals surface area contributed by atoms with Crippen molar-refractivity contribution in [1.82, 2.24) is 19.9 Å². The molecule has 1 aromatic carbocycles. The molecule has 1 aliphatic heterocycles. The Bertz CT molecular complexity index is 1300. The van der Waals surface area contributed by atoms with Crippen molar-refractivity contribution < 1.29 is 9.53 Å². The second-order valence-corrected chi connectivity index (χ2v) is 9.63. The Balaban J connectivity index is 1.40. The molecule has 1 saturated carbocycles. The molecule has 2 unspecified atom stereocenters. The number of carbonyl (C=O) groups is 1. The molecule has 2 fully saturated rings. The van der Waals surface area contributed by atoms with E-state index < -0.39 is 0 Å². The highest BCUT2D eigenvalue weighted by molar-refractivity contribution is 6.31. The smallest absolute Gasteiger partial charge is 0.293 e. The number of hydrogen-bond donors (Lipinski definition) is 1. The lowest BCUT2D eigenvalue weighted by Gasteiger charge is -2.18. The molecule has 9 heteroatoms. The van der Waals surface area contributed by atoms with Crippen LogP contribution in [0.5, 0.6) is 5.75 Å². The van der Waals surface area contributed by atoms with Crippen molar-refractivity contribution in [1.29, 1.82) is 0 Å². The highest BCUT2D eigenvalue weighted by atomic mass is 35.5. The summed E-state index contributed by atoms with van der Waals surface area (Å²) in [6.07, 6.45) is 6.18. The number of anilines is 1. The standard InChI is InChI=1S/C25H28ClN5O3/c1-27-23(32)14-34-22-10-18-8-15(6-7-21(18)30(2)24(22)33)9-20-19(26)11-28-25(29-20)31-12-16-4-3-5-17(16)13-31/h6-8,10-11,16-17H,3-5,9,12-14H2,1-2H3,(H,27,32). The molecule has 178 valence electrons. The Kier molecular flexibility index (Phi) is 6.16. The number of fused-ring (bicyclic) bond motifs is 2. The Labute approximate surface area is 202 Å². The quantitative estimate of drug-likeness (QED) is 0.582. The van der Waals surface area contributed by atoms with E-state index in [0.717, 1.165) is 53.0 Å². The fraction of sp³-hybridized carbons (Fsp3) is 0.440. The van der Waals surface area contributed by atoms with Crippen LogP contribution in [0, 0.1) is 11.8 Å². The zero-order valence-electron chi connectivity index (χ0n) is 19.4. The molecule has 1 aliphatic carbocycles. The maximum atomic E-state index is 12.6. The molecule has 5 rings (SSSR count). The van der Waals surface area contributed by atoms with Crippen molar-refractivity contribution in [2.45, 2.75) is 25.7 Å². The first-order valence-corrected chi connectivity index (χ1v) is 12.0. The van der Waals surface area contributed by atoms with Crippen LogP contribution in [0.1, 0.15) is 30.5 Å². The average Bonchev–Trinajstić information content (AvgIpc) is 3.44. The van der Waals surface area contributed by atoms with Gasteiger partial charge in [0.1, 0.15) is 0 Å². The normalized spacial score (nSPS) is 19.4. The van der Waals surface area contributed by atoms with Crippen LogP contribution < -0.4 is 20.5 Å². The molecule has 2 aliphatic rings. The molecule has 1 saturated heterocycles. The van der Waals surface area contributed by atoms with Crippen LogP contribution in [-0.4, -0.2) is 47.2 Å². The van der Waals surface area contributed by atoms with Gasteiger partial charge in [-0.1, -0.05) is 24.1 Å². The summed E-state index contributed by atoms with van der Waals surface area (Å²) in [5, 5.41) is 3.86. The predicted molar refractivity (Wildman–Crippen MR) is 132 cm³/mol. The minimum absolute atomic E-state index is 0.137. The van der Waals surface area contributed by atoms with Crippen molar-refractivity contribution in [3.8, 4) is 5.75 Å². The lowest BCUT2D eigenvalue weighted by Crippen LogP contribution is -2.27. The highest BCUT2D eigenvalue weighted by Crippen LogP contribution is 2.39. The molecule has 0 radical (unpaired) electrons. The first kappa shape index (κ1) is 22.7. The van der Waals surface area contributed by atoms with Gasteiger partial charge >= 0.3 is 0 Å². The second kappa shape index (κ2) is 9.25. The Morgan fingerprint density at radius 1 is 1.24 bits per heavy atom. The van der Waals surface area contributed by atoms with Gasteiger partial charge in [0, 0.05) is 39.0 Å². The van der Waals surface area contributed by atoms with E-state index in [-0.39, 0.29) is 23.8 Å². The summed E-state index contributed by atoms with van der Waals surface area (Å²) in [6, 6.07) is 7.57. The number of nitrogens with zero attached hydrogens (tertiary/aromatic N) is 4. The highest BCUT2D eigenvalue weighted by Gasteiger charge is 2.37. The fourth-order valence-corrected chi connectivity index (χ4v) is 5.35. The molecule has 0 bridgehead atoms. The van der Waals surface area contributed by atoms with Crippen LogP contribution in [0.3, 0.4) is 0 Å². The van der Waals surface area contributed by atoms with Crippen LogP contribution in [0.4, 0.5) is 5.95 Å². The number of ether oxygens (including phenoxy) is 1. The van der Waals surface area contributed by atoms with E-state index >= 15 is 0 Å². The third-order valence-electron chi connectivity index (χ3n) is 7.08.